The van der Waals surface area contributed by atoms with E-state index in [4.69, 9.17) is 9.57 Å². The third kappa shape index (κ3) is 4.40. The average molecular weight is 363 g/mol. The zero-order chi connectivity index (χ0) is 18.4. The van der Waals surface area contributed by atoms with Crippen LogP contribution in [0.1, 0.15) is 31.2 Å². The molecule has 1 amide bonds. The van der Waals surface area contributed by atoms with Crippen LogP contribution in [0, 0.1) is 11.2 Å². The van der Waals surface area contributed by atoms with Gasteiger partial charge < -0.3 is 20.2 Å². The Kier molecular flexibility index (Phi) is 6.21. The lowest BCUT2D eigenvalue weighted by atomic mass is 9.74. The fraction of sp³-hybridized carbons (Fsp3) is 0.579. The monoisotopic (exact) mass is 363 g/mol. The quantitative estimate of drug-likeness (QED) is 0.725. The van der Waals surface area contributed by atoms with Crippen molar-refractivity contribution in [3.05, 3.63) is 35.6 Å². The fourth-order valence-corrected chi connectivity index (χ4v) is 3.67. The maximum Gasteiger partial charge on any atom is 0.227 e. The molecule has 0 unspecified atom stereocenters. The van der Waals surface area contributed by atoms with Gasteiger partial charge in [-0.3, -0.25) is 4.79 Å². The summed E-state index contributed by atoms with van der Waals surface area (Å²) in [5.74, 6) is -0.231. The van der Waals surface area contributed by atoms with Crippen LogP contribution in [-0.4, -0.2) is 51.1 Å². The topological polar surface area (TPSA) is 72.0 Å². The third-order valence-corrected chi connectivity index (χ3v) is 5.07. The van der Waals surface area contributed by atoms with Crippen LogP contribution in [0.2, 0.25) is 0 Å². The highest BCUT2D eigenvalue weighted by molar-refractivity contribution is 6.01. The lowest BCUT2D eigenvalue weighted by molar-refractivity contribution is -0.134. The number of hydrogen-bond donors (Lipinski definition) is 2. The molecule has 2 aliphatic heterocycles. The minimum atomic E-state index is -0.496. The van der Waals surface area contributed by atoms with Gasteiger partial charge in [-0.15, -0.1) is 0 Å². The Balaban J connectivity index is 1.63. The Labute approximate surface area is 153 Å². The zero-order valence-corrected chi connectivity index (χ0v) is 15.1. The van der Waals surface area contributed by atoms with Gasteiger partial charge in [-0.2, -0.15) is 0 Å². The van der Waals surface area contributed by atoms with Crippen LogP contribution in [0.3, 0.4) is 0 Å². The summed E-state index contributed by atoms with van der Waals surface area (Å²) in [6.45, 7) is 2.56. The molecule has 0 saturated carbocycles. The maximum atomic E-state index is 13.1. The van der Waals surface area contributed by atoms with Crippen molar-refractivity contribution in [3.8, 4) is 0 Å². The number of ether oxygens (including phenoxy) is 1. The van der Waals surface area contributed by atoms with Crippen LogP contribution in [0.15, 0.2) is 29.4 Å². The van der Waals surface area contributed by atoms with Crippen molar-refractivity contribution in [1.29, 1.82) is 0 Å². The summed E-state index contributed by atoms with van der Waals surface area (Å²) in [7, 11) is 1.62. The number of carbonyl (C=O) groups excluding carboxylic acids is 1. The molecule has 1 fully saturated rings. The molecule has 142 valence electrons. The van der Waals surface area contributed by atoms with Crippen molar-refractivity contribution in [2.75, 3.05) is 33.4 Å². The second-order valence-corrected chi connectivity index (χ2v) is 6.99. The Morgan fingerprint density at radius 3 is 2.96 bits per heavy atom. The zero-order valence-electron chi connectivity index (χ0n) is 15.1. The molecule has 0 aliphatic carbocycles. The number of carbonyl (C=O) groups is 1. The first-order valence-corrected chi connectivity index (χ1v) is 9.09. The lowest BCUT2D eigenvalue weighted by Gasteiger charge is -2.37. The first kappa shape index (κ1) is 18.8. The van der Waals surface area contributed by atoms with Crippen LogP contribution in [0.5, 0.6) is 0 Å². The van der Waals surface area contributed by atoms with Crippen molar-refractivity contribution < 1.29 is 18.8 Å². The molecule has 1 saturated heterocycles. The number of nitrogens with one attached hydrogen (secondary N) is 2. The van der Waals surface area contributed by atoms with E-state index in [1.807, 2.05) is 0 Å². The Bertz CT molecular complexity index is 642. The molecule has 1 aromatic carbocycles. The predicted octanol–water partition coefficient (Wildman–Crippen LogP) is 1.84. The molecule has 0 spiro atoms. The maximum absolute atomic E-state index is 13.1. The molecule has 0 bridgehead atoms. The van der Waals surface area contributed by atoms with E-state index in [-0.39, 0.29) is 17.8 Å². The Morgan fingerprint density at radius 2 is 2.27 bits per heavy atom. The predicted molar refractivity (Wildman–Crippen MR) is 96.5 cm³/mol. The van der Waals surface area contributed by atoms with Crippen molar-refractivity contribution in [3.63, 3.8) is 0 Å². The summed E-state index contributed by atoms with van der Waals surface area (Å²) in [6, 6.07) is 6.24. The molecular formula is C19H26FN3O3. The molecule has 2 heterocycles. The van der Waals surface area contributed by atoms with Gasteiger partial charge in [-0.25, -0.2) is 4.39 Å². The van der Waals surface area contributed by atoms with E-state index < -0.39 is 5.41 Å². The number of rotatable bonds is 7. The van der Waals surface area contributed by atoms with E-state index in [0.29, 0.717) is 32.5 Å². The second-order valence-electron chi connectivity index (χ2n) is 6.99. The molecule has 0 radical (unpaired) electrons. The molecular weight excluding hydrogens is 337 g/mol. The van der Waals surface area contributed by atoms with Gasteiger partial charge in [0.05, 0.1) is 17.7 Å². The number of piperidine rings is 1. The van der Waals surface area contributed by atoms with Gasteiger partial charge in [-0.1, -0.05) is 17.3 Å². The van der Waals surface area contributed by atoms with E-state index in [0.717, 1.165) is 30.7 Å². The van der Waals surface area contributed by atoms with E-state index in [2.05, 4.69) is 15.8 Å². The molecule has 7 heteroatoms. The standard InChI is InChI=1S/C19H26FN3O3/c1-25-10-9-22-18(24)19(7-2-8-21-13-19)12-16-11-17(23-26-16)14-3-5-15(20)6-4-14/h3-6,16,21H,2,7-13H2,1H3,(H,22,24)/t16-,19+/m0/s1. The number of halogens is 1. The highest BCUT2D eigenvalue weighted by Gasteiger charge is 2.43. The smallest absolute Gasteiger partial charge is 0.227 e. The van der Waals surface area contributed by atoms with Crippen molar-refractivity contribution >= 4 is 11.6 Å². The van der Waals surface area contributed by atoms with Crippen LogP contribution in [0.4, 0.5) is 4.39 Å². The molecule has 0 aromatic heterocycles. The highest BCUT2D eigenvalue weighted by Crippen LogP contribution is 2.35. The molecule has 2 aliphatic rings. The summed E-state index contributed by atoms with van der Waals surface area (Å²) in [6.07, 6.45) is 2.86. The van der Waals surface area contributed by atoms with Gasteiger partial charge in [0.25, 0.3) is 0 Å². The molecule has 6 nitrogen and oxygen atoms in total. The van der Waals surface area contributed by atoms with Crippen molar-refractivity contribution in [1.82, 2.24) is 10.6 Å². The van der Waals surface area contributed by atoms with Crippen LogP contribution >= 0.6 is 0 Å². The van der Waals surface area contributed by atoms with Crippen molar-refractivity contribution in [2.24, 2.45) is 10.6 Å². The number of nitrogens with zero attached hydrogens (tertiary/aromatic N) is 1. The molecule has 1 aromatic rings. The van der Waals surface area contributed by atoms with Gasteiger partial charge >= 0.3 is 0 Å². The number of methoxy groups -OCH3 is 1. The third-order valence-electron chi connectivity index (χ3n) is 5.07. The van der Waals surface area contributed by atoms with Crippen LogP contribution in [-0.2, 0) is 14.4 Å². The molecule has 2 N–H and O–H groups in total. The molecule has 2 atom stereocenters. The van der Waals surface area contributed by atoms with Gasteiger partial charge in [-0.05, 0) is 37.1 Å². The van der Waals surface area contributed by atoms with E-state index in [1.165, 1.54) is 12.1 Å². The minimum absolute atomic E-state index is 0.0422. The van der Waals surface area contributed by atoms with Crippen molar-refractivity contribution in [2.45, 2.75) is 31.8 Å². The van der Waals surface area contributed by atoms with Gasteiger partial charge in [0.2, 0.25) is 5.91 Å². The first-order chi connectivity index (χ1) is 12.6. The summed E-state index contributed by atoms with van der Waals surface area (Å²) in [4.78, 5) is 18.4. The van der Waals surface area contributed by atoms with Gasteiger partial charge in [0.1, 0.15) is 11.9 Å². The van der Waals surface area contributed by atoms with E-state index in [9.17, 15) is 9.18 Å². The first-order valence-electron chi connectivity index (χ1n) is 9.09. The van der Waals surface area contributed by atoms with Gasteiger partial charge in [0.15, 0.2) is 0 Å². The Hall–Kier alpha value is -1.99. The largest absolute Gasteiger partial charge is 0.392 e. The highest BCUT2D eigenvalue weighted by atomic mass is 19.1. The van der Waals surface area contributed by atoms with Crippen LogP contribution < -0.4 is 10.6 Å². The number of oxime groups is 1. The number of amides is 1. The summed E-state index contributed by atoms with van der Waals surface area (Å²) in [5.41, 5.74) is 1.16. The summed E-state index contributed by atoms with van der Waals surface area (Å²) < 4.78 is 18.1. The average Bonchev–Trinajstić information content (AvgIpc) is 3.11. The van der Waals surface area contributed by atoms with E-state index >= 15 is 0 Å². The Morgan fingerprint density at radius 1 is 1.46 bits per heavy atom. The fourth-order valence-electron chi connectivity index (χ4n) is 3.67. The SMILES string of the molecule is COCCNC(=O)[C@@]1(C[C@@H]2CC(c3ccc(F)cc3)=NO2)CCCNC1. The minimum Gasteiger partial charge on any atom is -0.392 e. The second kappa shape index (κ2) is 8.60. The number of benzene rings is 1. The number of hydrogen-bond acceptors (Lipinski definition) is 5. The normalized spacial score (nSPS) is 25.5. The van der Waals surface area contributed by atoms with Gasteiger partial charge in [0, 0.05) is 33.0 Å². The molecule has 3 rings (SSSR count). The lowest BCUT2D eigenvalue weighted by Crippen LogP contribution is -2.52. The molecule has 26 heavy (non-hydrogen) atoms. The van der Waals surface area contributed by atoms with E-state index in [1.54, 1.807) is 19.2 Å². The van der Waals surface area contributed by atoms with Crippen LogP contribution in [0.25, 0.3) is 0 Å². The summed E-state index contributed by atoms with van der Waals surface area (Å²) >= 11 is 0. The summed E-state index contributed by atoms with van der Waals surface area (Å²) in [5, 5.41) is 10.5.